The molecule has 0 aliphatic carbocycles. The van der Waals surface area contributed by atoms with Crippen LogP contribution in [0.25, 0.3) is 0 Å². The third-order valence-electron chi connectivity index (χ3n) is 6.11. The van der Waals surface area contributed by atoms with E-state index in [1.54, 1.807) is 0 Å². The molecule has 3 rings (SSSR count). The summed E-state index contributed by atoms with van der Waals surface area (Å²) in [5.41, 5.74) is -2.06. The average molecular weight is 500 g/mol. The fraction of sp³-hybridized carbons (Fsp3) is 0.947. The molecular formula is C19H32O15. The van der Waals surface area contributed by atoms with E-state index in [1.165, 1.54) is 14.0 Å². The van der Waals surface area contributed by atoms with E-state index < -0.39 is 98.6 Å². The highest BCUT2D eigenvalue weighted by molar-refractivity contribution is 5.75. The molecule has 0 bridgehead atoms. The Morgan fingerprint density at radius 1 is 0.912 bits per heavy atom. The monoisotopic (exact) mass is 500 g/mol. The molecule has 3 fully saturated rings. The van der Waals surface area contributed by atoms with Crippen LogP contribution in [0.15, 0.2) is 0 Å². The number of ether oxygens (including phenoxy) is 7. The normalized spacial score (nSPS) is 49.7. The van der Waals surface area contributed by atoms with Crippen LogP contribution in [0.1, 0.15) is 6.92 Å². The maximum atomic E-state index is 11.8. The Kier molecular flexibility index (Phi) is 8.84. The summed E-state index contributed by atoms with van der Waals surface area (Å²) in [4.78, 5) is 11.8. The lowest BCUT2D eigenvalue weighted by atomic mass is 9.97. The number of esters is 1. The van der Waals surface area contributed by atoms with Crippen LogP contribution in [0, 0.1) is 0 Å². The highest BCUT2D eigenvalue weighted by atomic mass is 16.8. The van der Waals surface area contributed by atoms with Crippen LogP contribution in [0.5, 0.6) is 0 Å². The third kappa shape index (κ3) is 5.22. The van der Waals surface area contributed by atoms with E-state index in [-0.39, 0.29) is 0 Å². The van der Waals surface area contributed by atoms with Crippen molar-refractivity contribution in [3.8, 4) is 0 Å². The molecule has 0 aromatic carbocycles. The van der Waals surface area contributed by atoms with Gasteiger partial charge in [-0.15, -0.1) is 0 Å². The lowest BCUT2D eigenvalue weighted by molar-refractivity contribution is -0.326. The number of carbonyl (C=O) groups is 1. The van der Waals surface area contributed by atoms with Gasteiger partial charge in [-0.1, -0.05) is 0 Å². The van der Waals surface area contributed by atoms with Crippen LogP contribution in [-0.2, 0) is 38.0 Å². The van der Waals surface area contributed by atoms with Gasteiger partial charge in [0.15, 0.2) is 25.0 Å². The van der Waals surface area contributed by atoms with Crippen LogP contribution in [-0.4, -0.2) is 149 Å². The Labute approximate surface area is 194 Å². The number of carbonyl (C=O) groups excluding carboxylic acids is 1. The van der Waals surface area contributed by atoms with E-state index in [2.05, 4.69) is 4.74 Å². The molecule has 0 saturated carbocycles. The number of aliphatic hydroxyl groups is 7. The molecule has 3 aliphatic heterocycles. The van der Waals surface area contributed by atoms with Crippen molar-refractivity contribution in [3.05, 3.63) is 0 Å². The second-order valence-electron chi connectivity index (χ2n) is 8.49. The zero-order valence-corrected chi connectivity index (χ0v) is 18.7. The van der Waals surface area contributed by atoms with Crippen molar-refractivity contribution in [2.75, 3.05) is 27.4 Å². The van der Waals surface area contributed by atoms with Gasteiger partial charge in [0.2, 0.25) is 0 Å². The molecule has 3 heterocycles. The summed E-state index contributed by atoms with van der Waals surface area (Å²) in [6.45, 7) is 0.317. The lowest BCUT2D eigenvalue weighted by Gasteiger charge is -2.41. The van der Waals surface area contributed by atoms with Gasteiger partial charge in [-0.3, -0.25) is 0 Å². The van der Waals surface area contributed by atoms with Crippen LogP contribution in [0.3, 0.4) is 0 Å². The molecule has 0 unspecified atom stereocenters. The van der Waals surface area contributed by atoms with Crippen LogP contribution >= 0.6 is 0 Å². The quantitative estimate of drug-likeness (QED) is 0.162. The van der Waals surface area contributed by atoms with Gasteiger partial charge < -0.3 is 68.9 Å². The lowest BCUT2D eigenvalue weighted by Crippen LogP contribution is -2.62. The van der Waals surface area contributed by atoms with Crippen molar-refractivity contribution in [1.29, 1.82) is 0 Å². The summed E-state index contributed by atoms with van der Waals surface area (Å²) in [5.74, 6) is -0.949. The molecular weight excluding hydrogens is 468 g/mol. The summed E-state index contributed by atoms with van der Waals surface area (Å²) in [5, 5.41) is 71.7. The number of hydrogen-bond acceptors (Lipinski definition) is 15. The molecule has 0 aromatic rings. The summed E-state index contributed by atoms with van der Waals surface area (Å²) >= 11 is 0. The van der Waals surface area contributed by atoms with Gasteiger partial charge in [-0.25, -0.2) is 4.79 Å². The van der Waals surface area contributed by atoms with E-state index in [0.29, 0.717) is 0 Å². The molecule has 7 N–H and O–H groups in total. The topological polar surface area (TPSA) is 223 Å². The van der Waals surface area contributed by atoms with Gasteiger partial charge in [-0.2, -0.15) is 0 Å². The first-order valence-electron chi connectivity index (χ1n) is 10.6. The Hall–Kier alpha value is -1.05. The predicted molar refractivity (Wildman–Crippen MR) is 104 cm³/mol. The molecule has 0 amide bonds. The van der Waals surface area contributed by atoms with Crippen LogP contribution < -0.4 is 0 Å². The van der Waals surface area contributed by atoms with Crippen molar-refractivity contribution in [1.82, 2.24) is 0 Å². The Bertz CT molecular complexity index is 693. The van der Waals surface area contributed by atoms with Gasteiger partial charge in [-0.05, 0) is 6.92 Å². The minimum Gasteiger partial charge on any atom is -0.467 e. The van der Waals surface area contributed by atoms with Crippen molar-refractivity contribution in [3.63, 3.8) is 0 Å². The largest absolute Gasteiger partial charge is 0.467 e. The molecule has 34 heavy (non-hydrogen) atoms. The first-order valence-corrected chi connectivity index (χ1v) is 10.6. The maximum Gasteiger partial charge on any atom is 0.337 e. The van der Waals surface area contributed by atoms with Gasteiger partial charge in [0, 0.05) is 7.11 Å². The van der Waals surface area contributed by atoms with E-state index >= 15 is 0 Å². The molecule has 15 nitrogen and oxygen atoms in total. The van der Waals surface area contributed by atoms with Gasteiger partial charge >= 0.3 is 5.97 Å². The SMILES string of the molecule is COC(=O)[C@H]1O[C@H](OC)[C@H](O[C@@H]2OC[C@](O)(CO[C@H]3O[C@@H](C)[C@H](O)[C@@H](O)[C@H]3O)[C@H]2O)[C@@H](O)[C@H]1O. The second-order valence-corrected chi connectivity index (χ2v) is 8.49. The maximum absolute atomic E-state index is 11.8. The zero-order valence-electron chi connectivity index (χ0n) is 18.7. The van der Waals surface area contributed by atoms with Gasteiger partial charge in [0.25, 0.3) is 0 Å². The predicted octanol–water partition coefficient (Wildman–Crippen LogP) is -5.07. The Balaban J connectivity index is 1.62. The van der Waals surface area contributed by atoms with E-state index in [0.717, 1.165) is 7.11 Å². The summed E-state index contributed by atoms with van der Waals surface area (Å²) in [7, 11) is 2.26. The minimum atomic E-state index is -2.06. The number of hydrogen-bond donors (Lipinski definition) is 7. The fourth-order valence-electron chi connectivity index (χ4n) is 3.91. The highest BCUT2D eigenvalue weighted by Crippen LogP contribution is 2.32. The molecule has 13 atom stereocenters. The molecule has 198 valence electrons. The number of rotatable bonds is 7. The molecule has 0 radical (unpaired) electrons. The van der Waals surface area contributed by atoms with Crippen molar-refractivity contribution >= 4 is 5.97 Å². The van der Waals surface area contributed by atoms with Crippen LogP contribution in [0.4, 0.5) is 0 Å². The molecule has 0 spiro atoms. The van der Waals surface area contributed by atoms with E-state index in [1.807, 2.05) is 0 Å². The van der Waals surface area contributed by atoms with Crippen LogP contribution in [0.2, 0.25) is 0 Å². The molecule has 3 saturated heterocycles. The fourth-order valence-corrected chi connectivity index (χ4v) is 3.91. The molecule has 3 aliphatic rings. The van der Waals surface area contributed by atoms with Gasteiger partial charge in [0.1, 0.15) is 48.3 Å². The summed E-state index contributed by atoms with van der Waals surface area (Å²) < 4.78 is 36.3. The minimum absolute atomic E-state index is 0.503. The van der Waals surface area contributed by atoms with Gasteiger partial charge in [0.05, 0.1) is 26.4 Å². The Morgan fingerprint density at radius 3 is 2.21 bits per heavy atom. The highest BCUT2D eigenvalue weighted by Gasteiger charge is 2.55. The standard InChI is InChI=1S/C19H32O15/c1-6-7(20)8(21)11(24)16(32-6)30-4-19(27)5-31-18(14(19)25)34-13-10(23)9(22)12(15(26)28-2)33-17(13)29-3/h6-14,16-18,20-25,27H,4-5H2,1-3H3/t6-,7-,8+,9+,10-,11+,12-,13+,14-,16-,17-,18-,19+/m0/s1. The third-order valence-corrected chi connectivity index (χ3v) is 6.11. The summed E-state index contributed by atoms with van der Waals surface area (Å²) in [6.07, 6.45) is -17.9. The molecule has 15 heteroatoms. The average Bonchev–Trinajstić information content (AvgIpc) is 3.10. The zero-order chi connectivity index (χ0) is 25.4. The van der Waals surface area contributed by atoms with Crippen molar-refractivity contribution < 1.29 is 73.7 Å². The Morgan fingerprint density at radius 2 is 1.59 bits per heavy atom. The van der Waals surface area contributed by atoms with E-state index in [9.17, 15) is 40.5 Å². The first-order chi connectivity index (χ1) is 15.9. The second kappa shape index (κ2) is 10.9. The first kappa shape index (κ1) is 27.5. The van der Waals surface area contributed by atoms with Crippen molar-refractivity contribution in [2.24, 2.45) is 0 Å². The summed E-state index contributed by atoms with van der Waals surface area (Å²) in [6, 6.07) is 0. The van der Waals surface area contributed by atoms with E-state index in [4.69, 9.17) is 28.4 Å². The molecule has 0 aromatic heterocycles. The number of methoxy groups -OCH3 is 2. The smallest absolute Gasteiger partial charge is 0.337 e. The van der Waals surface area contributed by atoms with Crippen molar-refractivity contribution in [2.45, 2.75) is 86.3 Å². The number of aliphatic hydroxyl groups excluding tert-OH is 6.